The lowest BCUT2D eigenvalue weighted by atomic mass is 10.3. The number of thioether (sulfide) groups is 1. The van der Waals surface area contributed by atoms with Gasteiger partial charge in [0, 0.05) is 0 Å². The lowest BCUT2D eigenvalue weighted by molar-refractivity contribution is -0.115. The fourth-order valence-corrected chi connectivity index (χ4v) is 2.56. The van der Waals surface area contributed by atoms with Gasteiger partial charge in [-0.05, 0) is 43.3 Å². The molecule has 0 aliphatic rings. The highest BCUT2D eigenvalue weighted by molar-refractivity contribution is 8.00. The Morgan fingerprint density at radius 1 is 1.27 bits per heavy atom. The number of aromatic nitrogens is 4. The lowest BCUT2D eigenvalue weighted by Gasteiger charge is -2.13. The second-order valence-electron chi connectivity index (χ2n) is 4.85. The van der Waals surface area contributed by atoms with Crippen LogP contribution in [0.15, 0.2) is 23.4 Å². The van der Waals surface area contributed by atoms with Crippen LogP contribution in [0.2, 0.25) is 0 Å². The summed E-state index contributed by atoms with van der Waals surface area (Å²) in [5.41, 5.74) is -0.455. The Bertz CT molecular complexity index is 656. The van der Waals surface area contributed by atoms with Crippen molar-refractivity contribution in [2.45, 2.75) is 37.2 Å². The Balaban J connectivity index is 2.08. The molecule has 118 valence electrons. The van der Waals surface area contributed by atoms with E-state index in [-0.39, 0.29) is 6.04 Å². The average Bonchev–Trinajstić information content (AvgIpc) is 2.91. The first-order chi connectivity index (χ1) is 10.4. The zero-order valence-corrected chi connectivity index (χ0v) is 13.1. The standard InChI is InChI=1S/C13H15F2N5OS/c1-7(2)20-13(17-18-19-20)22-8(3)12(21)16-11-9(14)5-4-6-10(11)15/h4-8H,1-3H3,(H,16,21). The third kappa shape index (κ3) is 3.59. The number of halogens is 2. The normalized spacial score (nSPS) is 12.5. The molecule has 2 rings (SSSR count). The van der Waals surface area contributed by atoms with Crippen molar-refractivity contribution in [3.8, 4) is 0 Å². The quantitative estimate of drug-likeness (QED) is 0.855. The molecule has 22 heavy (non-hydrogen) atoms. The molecule has 0 fully saturated rings. The molecule has 1 unspecified atom stereocenters. The van der Waals surface area contributed by atoms with Gasteiger partial charge in [0.2, 0.25) is 11.1 Å². The number of tetrazole rings is 1. The molecule has 1 N–H and O–H groups in total. The van der Waals surface area contributed by atoms with E-state index in [0.29, 0.717) is 5.16 Å². The van der Waals surface area contributed by atoms with Gasteiger partial charge in [-0.2, -0.15) is 0 Å². The maximum absolute atomic E-state index is 13.5. The fourth-order valence-electron chi connectivity index (χ4n) is 1.64. The van der Waals surface area contributed by atoms with E-state index in [9.17, 15) is 13.6 Å². The Hall–Kier alpha value is -2.03. The van der Waals surface area contributed by atoms with Crippen LogP contribution in [0, 0.1) is 11.6 Å². The number of para-hydroxylation sites is 1. The highest BCUT2D eigenvalue weighted by Gasteiger charge is 2.21. The monoisotopic (exact) mass is 327 g/mol. The highest BCUT2D eigenvalue weighted by Crippen LogP contribution is 2.25. The zero-order chi connectivity index (χ0) is 16.3. The third-order valence-electron chi connectivity index (χ3n) is 2.81. The topological polar surface area (TPSA) is 72.7 Å². The zero-order valence-electron chi connectivity index (χ0n) is 12.2. The maximum Gasteiger partial charge on any atom is 0.237 e. The molecule has 2 aromatic rings. The molecule has 0 aliphatic carbocycles. The van der Waals surface area contributed by atoms with E-state index >= 15 is 0 Å². The lowest BCUT2D eigenvalue weighted by Crippen LogP contribution is -2.24. The molecule has 0 aliphatic heterocycles. The van der Waals surface area contributed by atoms with Gasteiger partial charge >= 0.3 is 0 Å². The second-order valence-corrected chi connectivity index (χ2v) is 6.15. The molecule has 1 atom stereocenters. The van der Waals surface area contributed by atoms with Gasteiger partial charge in [-0.1, -0.05) is 17.8 Å². The van der Waals surface area contributed by atoms with Crippen molar-refractivity contribution in [2.24, 2.45) is 0 Å². The van der Waals surface area contributed by atoms with E-state index < -0.39 is 28.5 Å². The number of hydrogen-bond donors (Lipinski definition) is 1. The van der Waals surface area contributed by atoms with Crippen LogP contribution in [0.3, 0.4) is 0 Å². The first-order valence-corrected chi connectivity index (χ1v) is 7.47. The van der Waals surface area contributed by atoms with Crippen molar-refractivity contribution in [1.82, 2.24) is 20.2 Å². The van der Waals surface area contributed by atoms with Gasteiger partial charge in [0.05, 0.1) is 11.3 Å². The van der Waals surface area contributed by atoms with Crippen LogP contribution in [-0.4, -0.2) is 31.4 Å². The molecule has 1 amide bonds. The minimum atomic E-state index is -0.822. The van der Waals surface area contributed by atoms with Gasteiger partial charge in [-0.3, -0.25) is 4.79 Å². The number of benzene rings is 1. The summed E-state index contributed by atoms with van der Waals surface area (Å²) in [6.45, 7) is 5.41. The second kappa shape index (κ2) is 6.82. The molecule has 9 heteroatoms. The summed E-state index contributed by atoms with van der Waals surface area (Å²) in [4.78, 5) is 12.1. The van der Waals surface area contributed by atoms with Crippen LogP contribution in [0.4, 0.5) is 14.5 Å². The number of carbonyl (C=O) groups is 1. The number of amides is 1. The number of anilines is 1. The first-order valence-electron chi connectivity index (χ1n) is 6.59. The van der Waals surface area contributed by atoms with Crippen molar-refractivity contribution in [3.63, 3.8) is 0 Å². The fraction of sp³-hybridized carbons (Fsp3) is 0.385. The van der Waals surface area contributed by atoms with Crippen LogP contribution >= 0.6 is 11.8 Å². The van der Waals surface area contributed by atoms with Gasteiger partial charge in [-0.25, -0.2) is 13.5 Å². The number of nitrogens with zero attached hydrogens (tertiary/aromatic N) is 4. The van der Waals surface area contributed by atoms with Gasteiger partial charge in [0.25, 0.3) is 0 Å². The summed E-state index contributed by atoms with van der Waals surface area (Å²) < 4.78 is 28.6. The Morgan fingerprint density at radius 3 is 2.50 bits per heavy atom. The van der Waals surface area contributed by atoms with Crippen LogP contribution in [-0.2, 0) is 4.79 Å². The van der Waals surface area contributed by atoms with Gasteiger partial charge in [0.15, 0.2) is 0 Å². The third-order valence-corrected chi connectivity index (χ3v) is 3.86. The molecular formula is C13H15F2N5OS. The van der Waals surface area contributed by atoms with E-state index in [4.69, 9.17) is 0 Å². The van der Waals surface area contributed by atoms with Gasteiger partial charge in [0.1, 0.15) is 17.3 Å². The van der Waals surface area contributed by atoms with Crippen molar-refractivity contribution in [3.05, 3.63) is 29.8 Å². The summed E-state index contributed by atoms with van der Waals surface area (Å²) in [6, 6.07) is 3.43. The molecule has 0 bridgehead atoms. The number of hydrogen-bond acceptors (Lipinski definition) is 5. The molecule has 6 nitrogen and oxygen atoms in total. The number of carbonyl (C=O) groups excluding carboxylic acids is 1. The molecule has 0 spiro atoms. The van der Waals surface area contributed by atoms with Crippen LogP contribution in [0.5, 0.6) is 0 Å². The predicted molar refractivity (Wildman–Crippen MR) is 78.5 cm³/mol. The minimum Gasteiger partial charge on any atom is -0.320 e. The Morgan fingerprint density at radius 2 is 1.91 bits per heavy atom. The van der Waals surface area contributed by atoms with Crippen molar-refractivity contribution in [1.29, 1.82) is 0 Å². The van der Waals surface area contributed by atoms with Crippen LogP contribution in [0.25, 0.3) is 0 Å². The Kier molecular flexibility index (Phi) is 5.07. The van der Waals surface area contributed by atoms with Crippen LogP contribution < -0.4 is 5.32 Å². The van der Waals surface area contributed by atoms with E-state index in [0.717, 1.165) is 23.9 Å². The van der Waals surface area contributed by atoms with Crippen molar-refractivity contribution >= 4 is 23.4 Å². The van der Waals surface area contributed by atoms with E-state index in [2.05, 4.69) is 20.8 Å². The minimum absolute atomic E-state index is 0.0387. The molecule has 0 radical (unpaired) electrons. The number of rotatable bonds is 5. The summed E-state index contributed by atoms with van der Waals surface area (Å²) in [7, 11) is 0. The molecular weight excluding hydrogens is 312 g/mol. The first kappa shape index (κ1) is 16.3. The molecule has 0 saturated heterocycles. The average molecular weight is 327 g/mol. The predicted octanol–water partition coefficient (Wildman–Crippen LogP) is 2.65. The summed E-state index contributed by atoms with van der Waals surface area (Å²) >= 11 is 1.11. The Labute approximate surface area is 130 Å². The van der Waals surface area contributed by atoms with Crippen LogP contribution in [0.1, 0.15) is 26.8 Å². The molecule has 1 aromatic carbocycles. The van der Waals surface area contributed by atoms with Gasteiger partial charge in [-0.15, -0.1) is 5.10 Å². The molecule has 1 heterocycles. The highest BCUT2D eigenvalue weighted by atomic mass is 32.2. The van der Waals surface area contributed by atoms with Crippen molar-refractivity contribution in [2.75, 3.05) is 5.32 Å². The largest absolute Gasteiger partial charge is 0.320 e. The number of nitrogens with one attached hydrogen (secondary N) is 1. The van der Waals surface area contributed by atoms with E-state index in [1.165, 1.54) is 6.07 Å². The smallest absolute Gasteiger partial charge is 0.237 e. The summed E-state index contributed by atoms with van der Waals surface area (Å²) in [6.07, 6.45) is 0. The maximum atomic E-state index is 13.5. The summed E-state index contributed by atoms with van der Waals surface area (Å²) in [5, 5.41) is 13.3. The van der Waals surface area contributed by atoms with E-state index in [1.54, 1.807) is 11.6 Å². The van der Waals surface area contributed by atoms with E-state index in [1.807, 2.05) is 13.8 Å². The summed E-state index contributed by atoms with van der Waals surface area (Å²) in [5.74, 6) is -2.18. The molecule has 0 saturated carbocycles. The molecule has 1 aromatic heterocycles. The SMILES string of the molecule is CC(Sc1nnnn1C(C)C)C(=O)Nc1c(F)cccc1F. The van der Waals surface area contributed by atoms with Gasteiger partial charge < -0.3 is 5.32 Å². The van der Waals surface area contributed by atoms with Crippen molar-refractivity contribution < 1.29 is 13.6 Å².